The quantitative estimate of drug-likeness (QED) is 0.636. The lowest BCUT2D eigenvalue weighted by Crippen LogP contribution is -2.44. The van der Waals surface area contributed by atoms with Gasteiger partial charge in [-0.15, -0.1) is 15.0 Å². The first-order valence-electron chi connectivity index (χ1n) is 6.05. The van der Waals surface area contributed by atoms with E-state index < -0.39 is 11.5 Å². The normalized spacial score (nSPS) is 14.3. The van der Waals surface area contributed by atoms with Gasteiger partial charge in [0.1, 0.15) is 0 Å². The minimum Gasteiger partial charge on any atom is -0.479 e. The van der Waals surface area contributed by atoms with Gasteiger partial charge in [0, 0.05) is 27.2 Å². The highest BCUT2D eigenvalue weighted by Gasteiger charge is 2.38. The van der Waals surface area contributed by atoms with Gasteiger partial charge in [-0.25, -0.2) is 4.79 Å². The van der Waals surface area contributed by atoms with Gasteiger partial charge in [0.15, 0.2) is 5.82 Å². The van der Waals surface area contributed by atoms with Crippen molar-refractivity contribution in [2.24, 2.45) is 0 Å². The molecular formula is C11H20N4O4. The average Bonchev–Trinajstić information content (AvgIpc) is 2.84. The summed E-state index contributed by atoms with van der Waals surface area (Å²) in [5, 5.41) is 21.0. The standard InChI is InChI=1S/C11H20N4O4/c1-11(8-19-3,10(16)17)15-13-9(12-14-15)6-4-5-7-18-2/h4-8H2,1-3H3,(H,16,17). The number of hydrogen-bond donors (Lipinski definition) is 1. The Labute approximate surface area is 111 Å². The number of aliphatic carboxylic acids is 1. The van der Waals surface area contributed by atoms with Crippen molar-refractivity contribution in [3.8, 4) is 0 Å². The van der Waals surface area contributed by atoms with Crippen LogP contribution in [0.1, 0.15) is 25.6 Å². The predicted octanol–water partition coefficient (Wildman–Crippen LogP) is 0.0884. The van der Waals surface area contributed by atoms with Gasteiger partial charge in [-0.2, -0.15) is 0 Å². The number of tetrazole rings is 1. The molecule has 0 amide bonds. The summed E-state index contributed by atoms with van der Waals surface area (Å²) in [6.07, 6.45) is 2.42. The molecule has 0 saturated carbocycles. The zero-order valence-corrected chi connectivity index (χ0v) is 11.5. The summed E-state index contributed by atoms with van der Waals surface area (Å²) in [7, 11) is 3.08. The summed E-state index contributed by atoms with van der Waals surface area (Å²) in [4.78, 5) is 12.4. The molecule has 19 heavy (non-hydrogen) atoms. The van der Waals surface area contributed by atoms with Gasteiger partial charge in [0.05, 0.1) is 6.61 Å². The monoisotopic (exact) mass is 272 g/mol. The van der Waals surface area contributed by atoms with Crippen LogP contribution in [-0.4, -0.2) is 58.7 Å². The van der Waals surface area contributed by atoms with Gasteiger partial charge in [0.25, 0.3) is 0 Å². The number of ether oxygens (including phenoxy) is 2. The third kappa shape index (κ3) is 3.97. The van der Waals surface area contributed by atoms with E-state index in [0.29, 0.717) is 18.9 Å². The van der Waals surface area contributed by atoms with Crippen LogP contribution in [0.2, 0.25) is 0 Å². The Morgan fingerprint density at radius 1 is 1.37 bits per heavy atom. The molecule has 0 aliphatic heterocycles. The van der Waals surface area contributed by atoms with Crippen molar-refractivity contribution < 1.29 is 19.4 Å². The van der Waals surface area contributed by atoms with Crippen LogP contribution in [0.25, 0.3) is 0 Å². The van der Waals surface area contributed by atoms with Crippen molar-refractivity contribution in [2.45, 2.75) is 31.7 Å². The molecule has 0 radical (unpaired) electrons. The molecule has 8 heteroatoms. The molecule has 1 rings (SSSR count). The third-order valence-corrected chi connectivity index (χ3v) is 2.78. The molecule has 0 spiro atoms. The zero-order chi connectivity index (χ0) is 14.3. The van der Waals surface area contributed by atoms with E-state index in [1.807, 2.05) is 0 Å². The van der Waals surface area contributed by atoms with E-state index in [0.717, 1.165) is 17.6 Å². The average molecular weight is 272 g/mol. The lowest BCUT2D eigenvalue weighted by atomic mass is 10.1. The molecule has 1 unspecified atom stereocenters. The number of nitrogens with zero attached hydrogens (tertiary/aromatic N) is 4. The number of unbranched alkanes of at least 4 members (excludes halogenated alkanes) is 1. The lowest BCUT2D eigenvalue weighted by molar-refractivity contribution is -0.151. The summed E-state index contributed by atoms with van der Waals surface area (Å²) < 4.78 is 9.87. The van der Waals surface area contributed by atoms with Crippen molar-refractivity contribution in [1.29, 1.82) is 0 Å². The summed E-state index contributed by atoms with van der Waals surface area (Å²) in [5.41, 5.74) is -1.34. The second-order valence-electron chi connectivity index (χ2n) is 4.46. The Morgan fingerprint density at radius 2 is 2.11 bits per heavy atom. The molecule has 0 aromatic carbocycles. The van der Waals surface area contributed by atoms with E-state index >= 15 is 0 Å². The van der Waals surface area contributed by atoms with Crippen LogP contribution >= 0.6 is 0 Å². The molecular weight excluding hydrogens is 252 g/mol. The van der Waals surface area contributed by atoms with E-state index in [9.17, 15) is 9.90 Å². The lowest BCUT2D eigenvalue weighted by Gasteiger charge is -2.21. The Morgan fingerprint density at radius 3 is 2.68 bits per heavy atom. The van der Waals surface area contributed by atoms with Crippen LogP contribution in [0.4, 0.5) is 0 Å². The molecule has 1 N–H and O–H groups in total. The first-order valence-corrected chi connectivity index (χ1v) is 6.05. The fourth-order valence-corrected chi connectivity index (χ4v) is 1.57. The second kappa shape index (κ2) is 7.15. The van der Waals surface area contributed by atoms with E-state index in [4.69, 9.17) is 9.47 Å². The summed E-state index contributed by atoms with van der Waals surface area (Å²) in [5.74, 6) is -0.530. The molecule has 1 heterocycles. The predicted molar refractivity (Wildman–Crippen MR) is 65.8 cm³/mol. The highest BCUT2D eigenvalue weighted by Crippen LogP contribution is 2.14. The third-order valence-electron chi connectivity index (χ3n) is 2.78. The largest absolute Gasteiger partial charge is 0.479 e. The minimum absolute atomic E-state index is 0.0260. The number of carbonyl (C=O) groups is 1. The smallest absolute Gasteiger partial charge is 0.335 e. The molecule has 0 saturated heterocycles. The number of methoxy groups -OCH3 is 2. The number of carboxylic acids is 1. The van der Waals surface area contributed by atoms with E-state index in [1.54, 1.807) is 7.11 Å². The number of rotatable bonds is 9. The Hall–Kier alpha value is -1.54. The number of hydrogen-bond acceptors (Lipinski definition) is 6. The maximum atomic E-state index is 11.3. The van der Waals surface area contributed by atoms with Crippen LogP contribution < -0.4 is 0 Å². The summed E-state index contributed by atoms with van der Waals surface area (Å²) in [6, 6.07) is 0. The highest BCUT2D eigenvalue weighted by atomic mass is 16.5. The molecule has 8 nitrogen and oxygen atoms in total. The Balaban J connectivity index is 2.68. The molecule has 0 bridgehead atoms. The van der Waals surface area contributed by atoms with Gasteiger partial charge in [-0.1, -0.05) is 0 Å². The topological polar surface area (TPSA) is 99.4 Å². The van der Waals surface area contributed by atoms with Crippen molar-refractivity contribution >= 4 is 5.97 Å². The summed E-state index contributed by atoms with van der Waals surface area (Å²) >= 11 is 0. The van der Waals surface area contributed by atoms with Crippen molar-refractivity contribution in [3.63, 3.8) is 0 Å². The molecule has 1 aromatic rings. The first kappa shape index (κ1) is 15.5. The van der Waals surface area contributed by atoms with E-state index in [1.165, 1.54) is 14.0 Å². The van der Waals surface area contributed by atoms with Crippen LogP contribution in [-0.2, 0) is 26.2 Å². The molecule has 1 aromatic heterocycles. The number of carboxylic acid groups (broad SMARTS) is 1. The van der Waals surface area contributed by atoms with Crippen molar-refractivity contribution in [3.05, 3.63) is 5.82 Å². The van der Waals surface area contributed by atoms with E-state index in [2.05, 4.69) is 15.4 Å². The second-order valence-corrected chi connectivity index (χ2v) is 4.46. The highest BCUT2D eigenvalue weighted by molar-refractivity contribution is 5.76. The van der Waals surface area contributed by atoms with Crippen molar-refractivity contribution in [1.82, 2.24) is 20.2 Å². The number of aryl methyl sites for hydroxylation is 1. The van der Waals surface area contributed by atoms with Gasteiger partial charge in [-0.05, 0) is 25.0 Å². The Kier molecular flexibility index (Phi) is 5.84. The first-order chi connectivity index (χ1) is 9.04. The van der Waals surface area contributed by atoms with E-state index in [-0.39, 0.29) is 6.61 Å². The minimum atomic E-state index is -1.34. The molecule has 108 valence electrons. The zero-order valence-electron chi connectivity index (χ0n) is 11.5. The Bertz CT molecular complexity index is 409. The maximum absolute atomic E-state index is 11.3. The fraction of sp³-hybridized carbons (Fsp3) is 0.818. The van der Waals surface area contributed by atoms with Crippen LogP contribution in [0.5, 0.6) is 0 Å². The van der Waals surface area contributed by atoms with Gasteiger partial charge in [0.2, 0.25) is 5.54 Å². The maximum Gasteiger partial charge on any atom is 0.335 e. The fourth-order valence-electron chi connectivity index (χ4n) is 1.57. The van der Waals surface area contributed by atoms with Crippen LogP contribution in [0.3, 0.4) is 0 Å². The summed E-state index contributed by atoms with van der Waals surface area (Å²) in [6.45, 7) is 2.15. The molecule has 0 fully saturated rings. The van der Waals surface area contributed by atoms with Gasteiger partial charge >= 0.3 is 5.97 Å². The number of aromatic nitrogens is 4. The van der Waals surface area contributed by atoms with Gasteiger partial charge in [-0.3, -0.25) is 0 Å². The molecule has 0 aliphatic rings. The van der Waals surface area contributed by atoms with Gasteiger partial charge < -0.3 is 14.6 Å². The molecule has 0 aliphatic carbocycles. The van der Waals surface area contributed by atoms with Crippen LogP contribution in [0.15, 0.2) is 0 Å². The van der Waals surface area contributed by atoms with Crippen LogP contribution in [0, 0.1) is 0 Å². The molecule has 1 atom stereocenters. The SMILES string of the molecule is COCCCCc1nnn(C(C)(COC)C(=O)O)n1. The van der Waals surface area contributed by atoms with Crippen molar-refractivity contribution in [2.75, 3.05) is 27.4 Å².